The number of carbonyl (C=O) groups is 2. The van der Waals surface area contributed by atoms with Crippen molar-refractivity contribution in [3.05, 3.63) is 87.6 Å². The van der Waals surface area contributed by atoms with Gasteiger partial charge >= 0.3 is 5.97 Å². The second-order valence-corrected chi connectivity index (χ2v) is 14.3. The van der Waals surface area contributed by atoms with E-state index in [-0.39, 0.29) is 17.5 Å². The molecule has 2 aliphatic rings. The number of ketones is 1. The Labute approximate surface area is 189 Å². The summed E-state index contributed by atoms with van der Waals surface area (Å²) in [6.45, 7) is 11.9. The number of hydrogen-bond acceptors (Lipinski definition) is 4. The number of esters is 1. The highest BCUT2D eigenvalue weighted by Crippen LogP contribution is 2.42. The molecule has 0 fully saturated rings. The Kier molecular flexibility index (Phi) is 5.13. The second kappa shape index (κ2) is 7.45. The van der Waals surface area contributed by atoms with Gasteiger partial charge in [-0.1, -0.05) is 31.3 Å². The van der Waals surface area contributed by atoms with Gasteiger partial charge < -0.3 is 9.84 Å². The summed E-state index contributed by atoms with van der Waals surface area (Å²) in [5, 5.41) is 12.4. The highest BCUT2D eigenvalue weighted by Gasteiger charge is 2.40. The van der Waals surface area contributed by atoms with Crippen LogP contribution < -0.4 is 5.19 Å². The predicted octanol–water partition coefficient (Wildman–Crippen LogP) is 4.99. The topological polar surface area (TPSA) is 63.6 Å². The van der Waals surface area contributed by atoms with Gasteiger partial charge in [-0.2, -0.15) is 0 Å². The maximum Gasteiger partial charge on any atom is 0.338 e. The zero-order valence-corrected chi connectivity index (χ0v) is 20.4. The minimum Gasteiger partial charge on any atom is -0.508 e. The van der Waals surface area contributed by atoms with Crippen LogP contribution in [0.25, 0.3) is 5.57 Å². The van der Waals surface area contributed by atoms with Gasteiger partial charge in [0.1, 0.15) is 19.4 Å². The summed E-state index contributed by atoms with van der Waals surface area (Å²) in [6, 6.07) is 11.1. The Morgan fingerprint density at radius 2 is 1.69 bits per heavy atom. The largest absolute Gasteiger partial charge is 0.508 e. The molecule has 0 spiro atoms. The van der Waals surface area contributed by atoms with Crippen LogP contribution in [0.1, 0.15) is 47.8 Å². The lowest BCUT2D eigenvalue weighted by atomic mass is 9.87. The summed E-state index contributed by atoms with van der Waals surface area (Å²) in [5.41, 5.74) is 5.03. The number of phenols is 1. The number of aromatic hydroxyl groups is 1. The number of benzene rings is 2. The quantitative estimate of drug-likeness (QED) is 0.523. The normalized spacial score (nSPS) is 16.9. The smallest absolute Gasteiger partial charge is 0.338 e. The second-order valence-electron chi connectivity index (χ2n) is 9.97. The zero-order valence-electron chi connectivity index (χ0n) is 19.4. The van der Waals surface area contributed by atoms with Crippen LogP contribution in [0, 0.1) is 6.92 Å². The molecule has 32 heavy (non-hydrogen) atoms. The van der Waals surface area contributed by atoms with Crippen molar-refractivity contribution >= 4 is 30.6 Å². The molecule has 164 valence electrons. The first-order chi connectivity index (χ1) is 14.9. The molecule has 0 bridgehead atoms. The molecular formula is C27H28O4Si. The van der Waals surface area contributed by atoms with Crippen LogP contribution in [0.5, 0.6) is 5.75 Å². The van der Waals surface area contributed by atoms with Crippen LogP contribution in [0.2, 0.25) is 13.1 Å². The summed E-state index contributed by atoms with van der Waals surface area (Å²) < 4.78 is 5.53. The van der Waals surface area contributed by atoms with Crippen LogP contribution in [0.15, 0.2) is 65.4 Å². The van der Waals surface area contributed by atoms with Gasteiger partial charge in [0.25, 0.3) is 0 Å². The standard InChI is InChI=1S/C27H28O4Si/c1-16-13-17(26(30)31-27(2,3)4)7-10-20(16)25-21-11-8-18(28)14-23(21)32(5,6)24-15-19(29)9-12-22(24)25/h7-15,28H,1-6H3. The fourth-order valence-electron chi connectivity index (χ4n) is 4.51. The van der Waals surface area contributed by atoms with Crippen molar-refractivity contribution in [3.8, 4) is 5.75 Å². The molecule has 1 N–H and O–H groups in total. The van der Waals surface area contributed by atoms with Gasteiger partial charge in [-0.15, -0.1) is 0 Å². The molecule has 4 rings (SSSR count). The highest BCUT2D eigenvalue weighted by atomic mass is 28.3. The third-order valence-corrected chi connectivity index (χ3v) is 9.53. The van der Waals surface area contributed by atoms with Crippen molar-refractivity contribution in [2.75, 3.05) is 0 Å². The van der Waals surface area contributed by atoms with Crippen LogP contribution in [0.4, 0.5) is 0 Å². The number of carbonyl (C=O) groups excluding carboxylic acids is 2. The van der Waals surface area contributed by atoms with Gasteiger partial charge in [-0.25, -0.2) is 4.79 Å². The predicted molar refractivity (Wildman–Crippen MR) is 130 cm³/mol. The number of hydrogen-bond donors (Lipinski definition) is 1. The van der Waals surface area contributed by atoms with Crippen molar-refractivity contribution in [1.29, 1.82) is 0 Å². The molecule has 1 aliphatic carbocycles. The maximum atomic E-state index is 12.6. The van der Waals surface area contributed by atoms with E-state index in [9.17, 15) is 14.7 Å². The van der Waals surface area contributed by atoms with E-state index >= 15 is 0 Å². The highest BCUT2D eigenvalue weighted by molar-refractivity contribution is 6.98. The first kappa shape index (κ1) is 22.0. The zero-order chi connectivity index (χ0) is 23.4. The van der Waals surface area contributed by atoms with Crippen molar-refractivity contribution in [2.24, 2.45) is 0 Å². The molecule has 0 unspecified atom stereocenters. The van der Waals surface area contributed by atoms with Gasteiger partial charge in [0.05, 0.1) is 5.56 Å². The Hall–Kier alpha value is -3.18. The summed E-state index contributed by atoms with van der Waals surface area (Å²) in [6.07, 6.45) is 5.27. The lowest BCUT2D eigenvalue weighted by Gasteiger charge is -2.37. The molecule has 1 heterocycles. The Balaban J connectivity index is 1.93. The van der Waals surface area contributed by atoms with E-state index in [1.165, 1.54) is 0 Å². The van der Waals surface area contributed by atoms with E-state index in [1.807, 2.05) is 58.0 Å². The first-order valence-corrected chi connectivity index (χ1v) is 13.8. The van der Waals surface area contributed by atoms with Crippen molar-refractivity contribution in [3.63, 3.8) is 0 Å². The van der Waals surface area contributed by atoms with Crippen molar-refractivity contribution in [1.82, 2.24) is 0 Å². The molecule has 5 heteroatoms. The van der Waals surface area contributed by atoms with E-state index in [0.717, 1.165) is 38.2 Å². The van der Waals surface area contributed by atoms with Crippen LogP contribution in [-0.4, -0.2) is 30.5 Å². The summed E-state index contributed by atoms with van der Waals surface area (Å²) in [7, 11) is -2.20. The van der Waals surface area contributed by atoms with Crippen LogP contribution in [0.3, 0.4) is 0 Å². The maximum absolute atomic E-state index is 12.6. The molecule has 0 atom stereocenters. The van der Waals surface area contributed by atoms with E-state index < -0.39 is 13.7 Å². The van der Waals surface area contributed by atoms with Gasteiger partial charge in [0.2, 0.25) is 0 Å². The van der Waals surface area contributed by atoms with E-state index in [2.05, 4.69) is 13.1 Å². The molecule has 4 nitrogen and oxygen atoms in total. The third kappa shape index (κ3) is 3.77. The molecule has 0 radical (unpaired) electrons. The average molecular weight is 445 g/mol. The fourth-order valence-corrected chi connectivity index (χ4v) is 7.58. The number of rotatable bonds is 2. The molecule has 2 aromatic carbocycles. The van der Waals surface area contributed by atoms with Crippen LogP contribution in [-0.2, 0) is 9.53 Å². The SMILES string of the molecule is Cc1cc(C(=O)OC(C)(C)C)ccc1C1=C2C=CC(=O)C=C2[Si](C)(C)c2cc(O)ccc21. The first-order valence-electron chi connectivity index (χ1n) is 10.8. The van der Waals surface area contributed by atoms with Crippen molar-refractivity contribution in [2.45, 2.75) is 46.4 Å². The monoisotopic (exact) mass is 444 g/mol. The minimum atomic E-state index is -2.20. The molecule has 0 aromatic heterocycles. The summed E-state index contributed by atoms with van der Waals surface area (Å²) in [4.78, 5) is 24.8. The molecule has 0 amide bonds. The fraction of sp³-hybridized carbons (Fsp3) is 0.259. The molecule has 1 aliphatic heterocycles. The molecule has 0 saturated heterocycles. The third-order valence-electron chi connectivity index (χ3n) is 6.01. The number of fused-ring (bicyclic) bond motifs is 2. The van der Waals surface area contributed by atoms with E-state index in [4.69, 9.17) is 4.74 Å². The van der Waals surface area contributed by atoms with Gasteiger partial charge in [0.15, 0.2) is 5.78 Å². The van der Waals surface area contributed by atoms with E-state index in [0.29, 0.717) is 5.56 Å². The summed E-state index contributed by atoms with van der Waals surface area (Å²) >= 11 is 0. The lowest BCUT2D eigenvalue weighted by molar-refractivity contribution is -0.110. The molecular weight excluding hydrogens is 416 g/mol. The van der Waals surface area contributed by atoms with Gasteiger partial charge in [-0.05, 0) is 102 Å². The Morgan fingerprint density at radius 3 is 2.34 bits per heavy atom. The van der Waals surface area contributed by atoms with Crippen molar-refractivity contribution < 1.29 is 19.4 Å². The van der Waals surface area contributed by atoms with Crippen LogP contribution >= 0.6 is 0 Å². The Morgan fingerprint density at radius 1 is 1.00 bits per heavy atom. The lowest BCUT2D eigenvalue weighted by Crippen LogP contribution is -2.49. The van der Waals surface area contributed by atoms with Gasteiger partial charge in [0, 0.05) is 0 Å². The molecule has 2 aromatic rings. The number of allylic oxidation sites excluding steroid dienone is 5. The molecule has 0 saturated carbocycles. The van der Waals surface area contributed by atoms with Gasteiger partial charge in [-0.3, -0.25) is 4.79 Å². The van der Waals surface area contributed by atoms with E-state index in [1.54, 1.807) is 24.3 Å². The minimum absolute atomic E-state index is 0.00993. The number of aryl methyl sites for hydroxylation is 1. The number of ether oxygens (including phenoxy) is 1. The number of phenolic OH excluding ortho intramolecular Hbond substituents is 1. The Bertz CT molecular complexity index is 1250. The average Bonchev–Trinajstić information content (AvgIpc) is 2.69. The summed E-state index contributed by atoms with van der Waals surface area (Å²) in [5.74, 6) is -0.136.